The Kier molecular flexibility index (Phi) is 4.90. The van der Waals surface area contributed by atoms with Crippen LogP contribution in [0, 0.1) is 0 Å². The SMILES string of the molecule is CO[C@@H]1[C@H](O)[C@@H](OCc2ccccc2)[C@H](C)O[C@H]1O. The van der Waals surface area contributed by atoms with Gasteiger partial charge in [0.2, 0.25) is 0 Å². The molecule has 1 aliphatic rings. The van der Waals surface area contributed by atoms with Gasteiger partial charge in [-0.3, -0.25) is 0 Å². The van der Waals surface area contributed by atoms with E-state index in [4.69, 9.17) is 14.2 Å². The molecule has 1 heterocycles. The molecule has 0 amide bonds. The lowest BCUT2D eigenvalue weighted by Crippen LogP contribution is -2.58. The smallest absolute Gasteiger partial charge is 0.184 e. The molecule has 2 rings (SSSR count). The first-order valence-electron chi connectivity index (χ1n) is 6.33. The van der Waals surface area contributed by atoms with E-state index in [1.807, 2.05) is 30.3 Å². The van der Waals surface area contributed by atoms with Crippen LogP contribution in [-0.4, -0.2) is 48.0 Å². The van der Waals surface area contributed by atoms with Crippen molar-refractivity contribution in [2.45, 2.75) is 44.2 Å². The van der Waals surface area contributed by atoms with Crippen molar-refractivity contribution in [3.8, 4) is 0 Å². The van der Waals surface area contributed by atoms with E-state index in [2.05, 4.69) is 0 Å². The zero-order chi connectivity index (χ0) is 13.8. The molecule has 106 valence electrons. The average Bonchev–Trinajstić information content (AvgIpc) is 2.39. The minimum absolute atomic E-state index is 0.378. The topological polar surface area (TPSA) is 68.2 Å². The third-order valence-corrected chi connectivity index (χ3v) is 3.33. The summed E-state index contributed by atoms with van der Waals surface area (Å²) in [5, 5.41) is 19.8. The maximum absolute atomic E-state index is 10.2. The molecule has 1 aromatic rings. The van der Waals surface area contributed by atoms with Crippen molar-refractivity contribution in [1.82, 2.24) is 0 Å². The van der Waals surface area contributed by atoms with E-state index in [-0.39, 0.29) is 0 Å². The van der Waals surface area contributed by atoms with Gasteiger partial charge in [0, 0.05) is 7.11 Å². The molecule has 1 aliphatic heterocycles. The van der Waals surface area contributed by atoms with Gasteiger partial charge in [0.25, 0.3) is 0 Å². The number of hydrogen-bond donors (Lipinski definition) is 2. The molecule has 0 saturated carbocycles. The van der Waals surface area contributed by atoms with Gasteiger partial charge < -0.3 is 24.4 Å². The molecule has 5 heteroatoms. The molecule has 0 unspecified atom stereocenters. The number of methoxy groups -OCH3 is 1. The van der Waals surface area contributed by atoms with Gasteiger partial charge in [0.15, 0.2) is 6.29 Å². The highest BCUT2D eigenvalue weighted by atomic mass is 16.7. The van der Waals surface area contributed by atoms with Crippen LogP contribution in [-0.2, 0) is 20.8 Å². The summed E-state index contributed by atoms with van der Waals surface area (Å²) < 4.78 is 16.1. The summed E-state index contributed by atoms with van der Waals surface area (Å²) >= 11 is 0. The van der Waals surface area contributed by atoms with Crippen molar-refractivity contribution in [3.63, 3.8) is 0 Å². The minimum Gasteiger partial charge on any atom is -0.387 e. The summed E-state index contributed by atoms with van der Waals surface area (Å²) in [5.74, 6) is 0. The molecular formula is C14H20O5. The van der Waals surface area contributed by atoms with Crippen molar-refractivity contribution in [3.05, 3.63) is 35.9 Å². The molecule has 1 aromatic carbocycles. The normalized spacial score (nSPS) is 35.3. The van der Waals surface area contributed by atoms with Crippen LogP contribution < -0.4 is 0 Å². The molecule has 0 aliphatic carbocycles. The molecule has 2 N–H and O–H groups in total. The maximum atomic E-state index is 10.2. The Labute approximate surface area is 112 Å². The molecule has 0 radical (unpaired) electrons. The van der Waals surface area contributed by atoms with Crippen molar-refractivity contribution >= 4 is 0 Å². The fourth-order valence-corrected chi connectivity index (χ4v) is 2.26. The summed E-state index contributed by atoms with van der Waals surface area (Å²) in [6, 6.07) is 9.68. The molecule has 5 atom stereocenters. The lowest BCUT2D eigenvalue weighted by molar-refractivity contribution is -0.292. The van der Waals surface area contributed by atoms with Crippen molar-refractivity contribution in [1.29, 1.82) is 0 Å². The zero-order valence-electron chi connectivity index (χ0n) is 11.1. The second kappa shape index (κ2) is 6.45. The number of aliphatic hydroxyl groups excluding tert-OH is 2. The van der Waals surface area contributed by atoms with Crippen molar-refractivity contribution in [2.75, 3.05) is 7.11 Å². The fourth-order valence-electron chi connectivity index (χ4n) is 2.26. The quantitative estimate of drug-likeness (QED) is 0.840. The maximum Gasteiger partial charge on any atom is 0.184 e. The Balaban J connectivity index is 1.98. The van der Waals surface area contributed by atoms with Crippen LogP contribution >= 0.6 is 0 Å². The Hall–Kier alpha value is -0.980. The molecule has 1 fully saturated rings. The van der Waals surface area contributed by atoms with Gasteiger partial charge in [-0.15, -0.1) is 0 Å². The first-order valence-corrected chi connectivity index (χ1v) is 6.33. The molecule has 0 aromatic heterocycles. The third-order valence-electron chi connectivity index (χ3n) is 3.33. The predicted octanol–water partition coefficient (Wildman–Crippen LogP) is 0.685. The zero-order valence-corrected chi connectivity index (χ0v) is 11.1. The number of benzene rings is 1. The average molecular weight is 268 g/mol. The van der Waals surface area contributed by atoms with Gasteiger partial charge >= 0.3 is 0 Å². The van der Waals surface area contributed by atoms with Crippen LogP contribution in [0.5, 0.6) is 0 Å². The largest absolute Gasteiger partial charge is 0.387 e. The second-order valence-corrected chi connectivity index (χ2v) is 4.68. The Morgan fingerprint density at radius 3 is 2.47 bits per heavy atom. The standard InChI is InChI=1S/C14H20O5/c1-9-12(11(15)13(17-2)14(16)19-9)18-8-10-6-4-3-5-7-10/h3-7,9,11-16H,8H2,1-2H3/t9-,11+,12-,13+,14+/m0/s1. The van der Waals surface area contributed by atoms with Crippen LogP contribution in [0.2, 0.25) is 0 Å². The highest BCUT2D eigenvalue weighted by molar-refractivity contribution is 5.13. The fraction of sp³-hybridized carbons (Fsp3) is 0.571. The van der Waals surface area contributed by atoms with E-state index >= 15 is 0 Å². The van der Waals surface area contributed by atoms with Gasteiger partial charge in [-0.05, 0) is 12.5 Å². The van der Waals surface area contributed by atoms with E-state index in [1.165, 1.54) is 7.11 Å². The summed E-state index contributed by atoms with van der Waals surface area (Å²) in [7, 11) is 1.42. The number of aliphatic hydroxyl groups is 2. The van der Waals surface area contributed by atoms with Gasteiger partial charge in [-0.1, -0.05) is 30.3 Å². The number of rotatable bonds is 4. The third kappa shape index (κ3) is 3.32. The van der Waals surface area contributed by atoms with Gasteiger partial charge in [0.05, 0.1) is 12.7 Å². The molecule has 1 saturated heterocycles. The Morgan fingerprint density at radius 2 is 1.84 bits per heavy atom. The summed E-state index contributed by atoms with van der Waals surface area (Å²) in [4.78, 5) is 0. The monoisotopic (exact) mass is 268 g/mol. The van der Waals surface area contributed by atoms with Crippen LogP contribution in [0.15, 0.2) is 30.3 Å². The van der Waals surface area contributed by atoms with Crippen LogP contribution in [0.4, 0.5) is 0 Å². The minimum atomic E-state index is -1.13. The molecule has 19 heavy (non-hydrogen) atoms. The Morgan fingerprint density at radius 1 is 1.16 bits per heavy atom. The molecule has 0 spiro atoms. The first kappa shape index (κ1) is 14.4. The summed E-state index contributed by atoms with van der Waals surface area (Å²) in [6.45, 7) is 2.14. The summed E-state index contributed by atoms with van der Waals surface area (Å²) in [5.41, 5.74) is 1.02. The van der Waals surface area contributed by atoms with Crippen LogP contribution in [0.3, 0.4) is 0 Å². The van der Waals surface area contributed by atoms with E-state index in [0.717, 1.165) is 5.56 Å². The van der Waals surface area contributed by atoms with E-state index < -0.39 is 30.7 Å². The van der Waals surface area contributed by atoms with Gasteiger partial charge in [-0.2, -0.15) is 0 Å². The van der Waals surface area contributed by atoms with Crippen molar-refractivity contribution in [2.24, 2.45) is 0 Å². The van der Waals surface area contributed by atoms with Crippen LogP contribution in [0.1, 0.15) is 12.5 Å². The van der Waals surface area contributed by atoms with Gasteiger partial charge in [0.1, 0.15) is 18.3 Å². The lowest BCUT2D eigenvalue weighted by Gasteiger charge is -2.40. The number of ether oxygens (including phenoxy) is 3. The predicted molar refractivity (Wildman–Crippen MR) is 68.4 cm³/mol. The lowest BCUT2D eigenvalue weighted by atomic mass is 9.99. The molecule has 0 bridgehead atoms. The molecule has 5 nitrogen and oxygen atoms in total. The van der Waals surface area contributed by atoms with E-state index in [0.29, 0.717) is 6.61 Å². The first-order chi connectivity index (χ1) is 9.13. The highest BCUT2D eigenvalue weighted by Gasteiger charge is 2.43. The molecular weight excluding hydrogens is 248 g/mol. The Bertz CT molecular complexity index is 383. The highest BCUT2D eigenvalue weighted by Crippen LogP contribution is 2.24. The van der Waals surface area contributed by atoms with Crippen LogP contribution in [0.25, 0.3) is 0 Å². The van der Waals surface area contributed by atoms with Gasteiger partial charge in [-0.25, -0.2) is 0 Å². The van der Waals surface area contributed by atoms with E-state index in [1.54, 1.807) is 6.92 Å². The van der Waals surface area contributed by atoms with E-state index in [9.17, 15) is 10.2 Å². The second-order valence-electron chi connectivity index (χ2n) is 4.68. The summed E-state index contributed by atoms with van der Waals surface area (Å²) in [6.07, 6.45) is -3.79. The van der Waals surface area contributed by atoms with Crippen molar-refractivity contribution < 1.29 is 24.4 Å². The number of hydrogen-bond acceptors (Lipinski definition) is 5.